The highest BCUT2D eigenvalue weighted by Gasteiger charge is 2.41. The topological polar surface area (TPSA) is 387 Å². The maximum atomic E-state index is 14.9. The quantitative estimate of drug-likeness (QED) is 0.0609. The second-order valence-electron chi connectivity index (χ2n) is 22.6. The third-order valence-corrected chi connectivity index (χ3v) is 17.3. The van der Waals surface area contributed by atoms with Gasteiger partial charge in [-0.3, -0.25) is 47.9 Å². The van der Waals surface area contributed by atoms with Crippen LogP contribution in [-0.4, -0.2) is 163 Å². The van der Waals surface area contributed by atoms with Gasteiger partial charge < -0.3 is 74.0 Å². The van der Waals surface area contributed by atoms with Crippen molar-refractivity contribution in [1.29, 1.82) is 0 Å². The van der Waals surface area contributed by atoms with Gasteiger partial charge in [0.05, 0.1) is 12.9 Å². The van der Waals surface area contributed by atoms with Gasteiger partial charge in [0.2, 0.25) is 59.1 Å². The van der Waals surface area contributed by atoms with Crippen molar-refractivity contribution >= 4 is 93.5 Å². The molecule has 0 unspecified atom stereocenters. The van der Waals surface area contributed by atoms with Crippen LogP contribution in [0.5, 0.6) is 5.75 Å². The van der Waals surface area contributed by atoms with E-state index in [-0.39, 0.29) is 56.6 Å². The number of nitrogens with one attached hydrogen (secondary N) is 10. The molecule has 1 saturated heterocycles. The summed E-state index contributed by atoms with van der Waals surface area (Å²) >= 11 is 2.85. The van der Waals surface area contributed by atoms with Crippen molar-refractivity contribution in [3.05, 3.63) is 119 Å². The lowest BCUT2D eigenvalue weighted by Crippen LogP contribution is -2.62. The number of imidazole rings is 1. The molecule has 15 N–H and O–H groups in total. The molecule has 2 aliphatic rings. The molecule has 0 radical (unpaired) electrons. The van der Waals surface area contributed by atoms with Crippen LogP contribution in [0.2, 0.25) is 0 Å². The van der Waals surface area contributed by atoms with E-state index in [1.807, 2.05) is 24.3 Å². The zero-order valence-electron chi connectivity index (χ0n) is 50.0. The molecule has 5 aromatic rings. The van der Waals surface area contributed by atoms with Gasteiger partial charge in [0.1, 0.15) is 59.4 Å². The summed E-state index contributed by atoms with van der Waals surface area (Å²) in [6.07, 6.45) is 10.8. The normalized spacial score (nSPS) is 22.9. The molecule has 0 saturated carbocycles. The highest BCUT2D eigenvalue weighted by molar-refractivity contribution is 7.98. The number of H-pyrrole nitrogens is 2. The molecule has 2 aliphatic heterocycles. The number of unbranched alkanes of at least 4 members (excludes halogenated alkanes) is 1. The van der Waals surface area contributed by atoms with E-state index < -0.39 is 126 Å². The summed E-state index contributed by atoms with van der Waals surface area (Å²) in [5.41, 5.74) is 13.4. The number of phenols is 1. The van der Waals surface area contributed by atoms with E-state index in [9.17, 15) is 57.4 Å². The van der Waals surface area contributed by atoms with Crippen LogP contribution in [0, 0.1) is 18.2 Å². The standard InChI is InChI=1S/C62H77FN14O11S2/c1-4-9-45-56(83)72-48(28-41-30-66-35-69-41)58(85)73-49(25-36-14-17-42(78)18-15-36)60(87)77-22-8-13-51(77)59(86)74-50(54(65)81)34-90-33-38-11-7-10-37(24-38)32-89-23-20-52(79)70-46(12-5-6-21-64)55(82)68-31-53(80)76-62(2,3)61(88)75-47(57(84)71-45)26-39-29-67-44-19-16-40(63)27-43(39)44/h1,7,10-11,14-19,24,27,29-30,35,45-51,67,78H,5-6,8-9,12-13,20-23,25-26,28,31-34,64H2,2-3H3,(H2,65,81)(H,66,69)(H,68,82)(H,70,79)(H,71,84)(H,72,83)(H,73,85)(H,74,86)(H,75,88)(H,76,80)/t45-,46-,47-,48-,49-,50-,51-/m0/s1. The first-order chi connectivity index (χ1) is 43.1. The number of amides is 10. The number of fused-ring (bicyclic) bond motifs is 4. The molecule has 3 aromatic carbocycles. The van der Waals surface area contributed by atoms with Crippen molar-refractivity contribution in [2.45, 2.75) is 137 Å². The Labute approximate surface area is 528 Å². The molecule has 25 nitrogen and oxygen atoms in total. The first-order valence-corrected chi connectivity index (χ1v) is 31.8. The number of carbonyl (C=O) groups excluding carboxylic acids is 10. The van der Waals surface area contributed by atoms with Crippen LogP contribution in [0.25, 0.3) is 10.9 Å². The van der Waals surface area contributed by atoms with Gasteiger partial charge in [-0.25, -0.2) is 9.37 Å². The van der Waals surface area contributed by atoms with Crippen molar-refractivity contribution in [2.75, 3.05) is 31.1 Å². The number of hydrogen-bond donors (Lipinski definition) is 13. The third-order valence-electron chi connectivity index (χ3n) is 15.2. The molecule has 10 amide bonds. The summed E-state index contributed by atoms with van der Waals surface area (Å²) in [4.78, 5) is 152. The van der Waals surface area contributed by atoms with Crippen LogP contribution in [-0.2, 0) is 78.7 Å². The molecule has 7 atom stereocenters. The van der Waals surface area contributed by atoms with E-state index in [0.717, 1.165) is 11.1 Å². The van der Waals surface area contributed by atoms with Crippen LogP contribution < -0.4 is 54.0 Å². The molecular formula is C62H77FN14O11S2. The summed E-state index contributed by atoms with van der Waals surface area (Å²) in [7, 11) is 0. The van der Waals surface area contributed by atoms with E-state index in [2.05, 4.69) is 63.4 Å². The van der Waals surface area contributed by atoms with Gasteiger partial charge in [0.25, 0.3) is 0 Å². The highest BCUT2D eigenvalue weighted by atomic mass is 32.2. The summed E-state index contributed by atoms with van der Waals surface area (Å²) in [5.74, 6) is -4.53. The molecule has 0 spiro atoms. The average molecular weight is 1280 g/mol. The van der Waals surface area contributed by atoms with E-state index in [0.29, 0.717) is 70.8 Å². The maximum absolute atomic E-state index is 14.9. The van der Waals surface area contributed by atoms with Gasteiger partial charge in [-0.05, 0) is 105 Å². The molecule has 480 valence electrons. The Morgan fingerprint density at radius 1 is 0.778 bits per heavy atom. The van der Waals surface area contributed by atoms with E-state index in [1.165, 1.54) is 91.3 Å². The predicted octanol–water partition coefficient (Wildman–Crippen LogP) is 0.882. The molecule has 4 heterocycles. The van der Waals surface area contributed by atoms with Crippen LogP contribution in [0.1, 0.15) is 86.7 Å². The van der Waals surface area contributed by atoms with Crippen LogP contribution >= 0.6 is 23.5 Å². The van der Waals surface area contributed by atoms with Crippen LogP contribution in [0.3, 0.4) is 0 Å². The number of phenolic OH excluding ortho intramolecular Hbond substituents is 1. The number of rotatable bonds is 12. The SMILES string of the molecule is C#CC[C@@H]1NC(=O)[C@H](Cc2c[nH]c3ccc(F)cc23)NC(=O)C(C)(C)NC(=O)CNC(=O)[C@H](CCCCN)NC(=O)CCSCc2cccc(c2)CSC[C@@H](C(N)=O)NC(=O)[C@@H]2CCCN2C(=O)[C@H](Cc2ccc(O)cc2)NC(=O)[C@H](Cc2cnc[nH]2)NC1=O. The number of nitrogens with zero attached hydrogens (tertiary/aromatic N) is 2. The lowest BCUT2D eigenvalue weighted by atomic mass is 10.00. The Kier molecular flexibility index (Phi) is 25.2. The number of aromatic hydroxyl groups is 1. The molecule has 2 aromatic heterocycles. The molecule has 1 fully saturated rings. The fourth-order valence-corrected chi connectivity index (χ4v) is 12.2. The number of benzene rings is 3. The van der Waals surface area contributed by atoms with Gasteiger partial charge in [-0.1, -0.05) is 36.4 Å². The number of carbonyl (C=O) groups is 10. The minimum Gasteiger partial charge on any atom is -0.508 e. The molecule has 2 bridgehead atoms. The number of aromatic amines is 2. The summed E-state index contributed by atoms with van der Waals surface area (Å²) in [6.45, 7) is 2.53. The Balaban J connectivity index is 1.19. The first-order valence-electron chi connectivity index (χ1n) is 29.5. The number of nitrogens with two attached hydrogens (primary N) is 2. The van der Waals surface area contributed by atoms with Gasteiger partial charge in [0, 0.05) is 90.7 Å². The predicted molar refractivity (Wildman–Crippen MR) is 337 cm³/mol. The van der Waals surface area contributed by atoms with Crippen molar-refractivity contribution in [1.82, 2.24) is 62.4 Å². The Morgan fingerprint density at radius 3 is 2.18 bits per heavy atom. The number of aromatic nitrogens is 3. The molecule has 7 rings (SSSR count). The van der Waals surface area contributed by atoms with Gasteiger partial charge in [0.15, 0.2) is 0 Å². The largest absolute Gasteiger partial charge is 0.508 e. The number of primary amides is 1. The van der Waals surface area contributed by atoms with E-state index >= 15 is 0 Å². The summed E-state index contributed by atoms with van der Waals surface area (Å²) < 4.78 is 14.7. The van der Waals surface area contributed by atoms with Crippen molar-refractivity contribution in [2.24, 2.45) is 11.5 Å². The van der Waals surface area contributed by atoms with Gasteiger partial charge in [-0.15, -0.1) is 12.3 Å². The van der Waals surface area contributed by atoms with Gasteiger partial charge >= 0.3 is 0 Å². The fourth-order valence-electron chi connectivity index (χ4n) is 10.3. The van der Waals surface area contributed by atoms with Gasteiger partial charge in [-0.2, -0.15) is 23.5 Å². The smallest absolute Gasteiger partial charge is 0.246 e. The van der Waals surface area contributed by atoms with Crippen molar-refractivity contribution < 1.29 is 57.4 Å². The number of halogens is 1. The monoisotopic (exact) mass is 1280 g/mol. The summed E-state index contributed by atoms with van der Waals surface area (Å²) in [5, 5.41) is 31.8. The maximum Gasteiger partial charge on any atom is 0.246 e. The molecular weight excluding hydrogens is 1200 g/mol. The Bertz CT molecular complexity index is 3410. The third kappa shape index (κ3) is 20.0. The fraction of sp³-hybridized carbons (Fsp3) is 0.435. The van der Waals surface area contributed by atoms with E-state index in [4.69, 9.17) is 17.9 Å². The molecule has 28 heteroatoms. The zero-order valence-corrected chi connectivity index (χ0v) is 51.6. The minimum atomic E-state index is -1.78. The van der Waals surface area contributed by atoms with E-state index in [1.54, 1.807) is 12.1 Å². The molecule has 90 heavy (non-hydrogen) atoms. The number of terminal acetylenes is 1. The summed E-state index contributed by atoms with van der Waals surface area (Å²) in [6, 6.07) is 8.26. The van der Waals surface area contributed by atoms with Crippen LogP contribution in [0.4, 0.5) is 4.39 Å². The highest BCUT2D eigenvalue weighted by Crippen LogP contribution is 2.25. The first kappa shape index (κ1) is 68.5. The average Bonchev–Trinajstić information content (AvgIpc) is 2.73. The van der Waals surface area contributed by atoms with Crippen molar-refractivity contribution in [3.63, 3.8) is 0 Å². The van der Waals surface area contributed by atoms with Crippen molar-refractivity contribution in [3.8, 4) is 18.1 Å². The second-order valence-corrected chi connectivity index (χ2v) is 24.7. The molecule has 0 aliphatic carbocycles. The number of hydrogen-bond acceptors (Lipinski definition) is 15. The second kappa shape index (κ2) is 33.0. The Morgan fingerprint density at radius 2 is 1.48 bits per heavy atom. The van der Waals surface area contributed by atoms with Crippen LogP contribution in [0.15, 0.2) is 85.5 Å². The lowest BCUT2D eigenvalue weighted by molar-refractivity contribution is -0.142. The minimum absolute atomic E-state index is 0.0652. The zero-order chi connectivity index (χ0) is 64.9. The number of thioether (sulfide) groups is 2. The lowest BCUT2D eigenvalue weighted by Gasteiger charge is -2.31. The Hall–Kier alpha value is -8.94.